The molecule has 2 fully saturated rings. The van der Waals surface area contributed by atoms with E-state index >= 15 is 0 Å². The predicted octanol–water partition coefficient (Wildman–Crippen LogP) is 4.89. The first-order valence-corrected chi connectivity index (χ1v) is 12.6. The van der Waals surface area contributed by atoms with E-state index in [-0.39, 0.29) is 11.3 Å². The van der Waals surface area contributed by atoms with Gasteiger partial charge in [0.05, 0.1) is 0 Å². The average Bonchev–Trinajstić information content (AvgIpc) is 3.14. The third kappa shape index (κ3) is 3.33. The van der Waals surface area contributed by atoms with Crippen LogP contribution < -0.4 is 4.90 Å². The highest BCUT2D eigenvalue weighted by molar-refractivity contribution is 6.20. The second kappa shape index (κ2) is 8.04. The summed E-state index contributed by atoms with van der Waals surface area (Å²) in [5, 5.41) is 0. The van der Waals surface area contributed by atoms with Crippen molar-refractivity contribution in [2.45, 2.75) is 64.1 Å². The number of Topliss-reactive ketones (excluding diaryl/α,β-unsaturated/α-hetero) is 1. The molecule has 0 aromatic heterocycles. The summed E-state index contributed by atoms with van der Waals surface area (Å²) in [7, 11) is 6.20. The van der Waals surface area contributed by atoms with Crippen LogP contribution in [-0.2, 0) is 9.59 Å². The van der Waals surface area contributed by atoms with Gasteiger partial charge >= 0.3 is 0 Å². The van der Waals surface area contributed by atoms with Gasteiger partial charge in [-0.15, -0.1) is 0 Å². The Morgan fingerprint density at radius 3 is 2.53 bits per heavy atom. The molecule has 5 unspecified atom stereocenters. The van der Waals surface area contributed by atoms with Crippen molar-refractivity contribution in [2.75, 3.05) is 19.0 Å². The van der Waals surface area contributed by atoms with E-state index in [9.17, 15) is 9.59 Å². The SMILES string of the molecule is BCC(=O)C1CCC2C3CCC4=CC(=O)CCC4=C3C(c3ccc(N(C)C)cc3)CC12C. The normalized spacial score (nSPS) is 33.8. The van der Waals surface area contributed by atoms with Crippen molar-refractivity contribution in [1.29, 1.82) is 0 Å². The van der Waals surface area contributed by atoms with E-state index in [1.807, 2.05) is 13.9 Å². The molecule has 1 aromatic carbocycles. The highest BCUT2D eigenvalue weighted by atomic mass is 16.1. The third-order valence-electron chi connectivity index (χ3n) is 9.28. The lowest BCUT2D eigenvalue weighted by Crippen LogP contribution is -2.45. The van der Waals surface area contributed by atoms with Crippen molar-refractivity contribution in [1.82, 2.24) is 0 Å². The fourth-order valence-corrected chi connectivity index (χ4v) is 7.74. The summed E-state index contributed by atoms with van der Waals surface area (Å²) >= 11 is 0. The Morgan fingerprint density at radius 2 is 1.84 bits per heavy atom. The van der Waals surface area contributed by atoms with E-state index in [1.54, 1.807) is 5.57 Å². The predicted molar refractivity (Wildman–Crippen MR) is 133 cm³/mol. The van der Waals surface area contributed by atoms with Gasteiger partial charge in [-0.2, -0.15) is 0 Å². The highest BCUT2D eigenvalue weighted by Crippen LogP contribution is 2.65. The molecule has 4 aliphatic carbocycles. The average molecular weight is 429 g/mol. The Kier molecular flexibility index (Phi) is 5.46. The summed E-state index contributed by atoms with van der Waals surface area (Å²) in [6, 6.07) is 9.09. The van der Waals surface area contributed by atoms with Crippen LogP contribution in [0.2, 0.25) is 6.32 Å². The van der Waals surface area contributed by atoms with E-state index in [1.165, 1.54) is 28.8 Å². The molecule has 1 aromatic rings. The summed E-state index contributed by atoms with van der Waals surface area (Å²) in [5.74, 6) is 2.48. The maximum atomic E-state index is 13.0. The molecule has 5 atom stereocenters. The van der Waals surface area contributed by atoms with Crippen LogP contribution in [0.15, 0.2) is 47.1 Å². The van der Waals surface area contributed by atoms with Crippen LogP contribution in [0.3, 0.4) is 0 Å². The maximum absolute atomic E-state index is 13.0. The zero-order chi connectivity index (χ0) is 22.6. The number of hydrogen-bond donors (Lipinski definition) is 0. The number of nitrogens with zero attached hydrogens (tertiary/aromatic N) is 1. The molecular weight excluding hydrogens is 393 g/mol. The van der Waals surface area contributed by atoms with Gasteiger partial charge < -0.3 is 9.69 Å². The topological polar surface area (TPSA) is 37.4 Å². The molecule has 3 nitrogen and oxygen atoms in total. The molecule has 4 heteroatoms. The van der Waals surface area contributed by atoms with Gasteiger partial charge in [-0.1, -0.05) is 24.6 Å². The Hall–Kier alpha value is -2.10. The highest BCUT2D eigenvalue weighted by Gasteiger charge is 2.57. The third-order valence-corrected chi connectivity index (χ3v) is 9.28. The summed E-state index contributed by atoms with van der Waals surface area (Å²) in [5.41, 5.74) is 7.11. The first-order valence-electron chi connectivity index (χ1n) is 12.6. The van der Waals surface area contributed by atoms with Crippen molar-refractivity contribution < 1.29 is 9.59 Å². The van der Waals surface area contributed by atoms with E-state index in [0.717, 1.165) is 32.1 Å². The second-order valence-electron chi connectivity index (χ2n) is 11.0. The molecule has 168 valence electrons. The number of allylic oxidation sites excluding steroid dienone is 4. The molecule has 0 saturated heterocycles. The minimum Gasteiger partial charge on any atom is -0.378 e. The Labute approximate surface area is 193 Å². The Morgan fingerprint density at radius 1 is 1.09 bits per heavy atom. The van der Waals surface area contributed by atoms with Crippen molar-refractivity contribution in [3.8, 4) is 0 Å². The van der Waals surface area contributed by atoms with Crippen LogP contribution >= 0.6 is 0 Å². The maximum Gasteiger partial charge on any atom is 0.156 e. The van der Waals surface area contributed by atoms with E-state index in [2.05, 4.69) is 50.2 Å². The number of fused-ring (bicyclic) bond motifs is 4. The molecule has 4 aliphatic rings. The molecule has 0 N–H and O–H groups in total. The zero-order valence-corrected chi connectivity index (χ0v) is 20.1. The summed E-state index contributed by atoms with van der Waals surface area (Å²) in [6.07, 6.45) is 9.62. The number of carbonyl (C=O) groups excluding carboxylic acids is 2. The molecule has 0 spiro atoms. The van der Waals surface area contributed by atoms with Gasteiger partial charge in [0.2, 0.25) is 0 Å². The van der Waals surface area contributed by atoms with Gasteiger partial charge in [0.15, 0.2) is 5.78 Å². The molecule has 5 rings (SSSR count). The van der Waals surface area contributed by atoms with Crippen LogP contribution in [0.5, 0.6) is 0 Å². The largest absolute Gasteiger partial charge is 0.378 e. The number of ketones is 2. The van der Waals surface area contributed by atoms with Crippen molar-refractivity contribution in [3.05, 3.63) is 52.6 Å². The second-order valence-corrected chi connectivity index (χ2v) is 11.0. The lowest BCUT2D eigenvalue weighted by molar-refractivity contribution is -0.125. The first-order chi connectivity index (χ1) is 15.3. The van der Waals surface area contributed by atoms with E-state index < -0.39 is 0 Å². The van der Waals surface area contributed by atoms with Gasteiger partial charge in [-0.05, 0) is 97.0 Å². The Balaban J connectivity index is 1.64. The minimum absolute atomic E-state index is 0.0818. The van der Waals surface area contributed by atoms with Crippen LogP contribution in [0.4, 0.5) is 5.69 Å². The molecule has 32 heavy (non-hydrogen) atoms. The van der Waals surface area contributed by atoms with Crippen LogP contribution in [0.1, 0.15) is 63.4 Å². The van der Waals surface area contributed by atoms with Crippen LogP contribution in [-0.4, -0.2) is 33.5 Å². The number of benzene rings is 1. The van der Waals surface area contributed by atoms with Crippen molar-refractivity contribution in [3.63, 3.8) is 0 Å². The summed E-state index contributed by atoms with van der Waals surface area (Å²) < 4.78 is 0. The molecule has 0 aliphatic heterocycles. The monoisotopic (exact) mass is 429 g/mol. The fraction of sp³-hybridized carbons (Fsp3) is 0.571. The first kappa shape index (κ1) is 21.7. The lowest BCUT2D eigenvalue weighted by atomic mass is 9.51. The van der Waals surface area contributed by atoms with Gasteiger partial charge in [-0.25, -0.2) is 0 Å². The lowest BCUT2D eigenvalue weighted by Gasteiger charge is -2.52. The molecule has 2 saturated carbocycles. The van der Waals surface area contributed by atoms with Gasteiger partial charge in [0.1, 0.15) is 13.6 Å². The summed E-state index contributed by atoms with van der Waals surface area (Å²) in [4.78, 5) is 27.3. The Bertz CT molecular complexity index is 1000. The van der Waals surface area contributed by atoms with E-state index in [0.29, 0.717) is 42.1 Å². The van der Waals surface area contributed by atoms with Crippen molar-refractivity contribution >= 4 is 25.1 Å². The smallest absolute Gasteiger partial charge is 0.156 e. The van der Waals surface area contributed by atoms with Gasteiger partial charge in [0, 0.05) is 38.0 Å². The summed E-state index contributed by atoms with van der Waals surface area (Å²) in [6.45, 7) is 2.43. The molecular formula is C28H36BNO2. The molecule has 0 amide bonds. The van der Waals surface area contributed by atoms with Crippen LogP contribution in [0.25, 0.3) is 0 Å². The zero-order valence-electron chi connectivity index (χ0n) is 20.1. The number of rotatable bonds is 4. The van der Waals surface area contributed by atoms with Gasteiger partial charge in [-0.3, -0.25) is 4.79 Å². The number of carbonyl (C=O) groups is 2. The standard InChI is InChI=1S/C28H36BNO2/c1-28-15-23(17-4-7-19(8-5-17)30(2)3)27-21-11-9-20(31)14-18(21)6-10-22(27)24(28)12-13-25(28)26(32)16-29/h4-5,7-8,14,22-25H,6,9-13,15-16,29H2,1-3H3. The minimum atomic E-state index is 0.0818. The van der Waals surface area contributed by atoms with Crippen LogP contribution in [0, 0.1) is 23.2 Å². The fourth-order valence-electron chi connectivity index (χ4n) is 7.74. The molecule has 0 heterocycles. The number of anilines is 1. The van der Waals surface area contributed by atoms with E-state index in [4.69, 9.17) is 0 Å². The molecule has 0 radical (unpaired) electrons. The number of hydrogen-bond acceptors (Lipinski definition) is 3. The quantitative estimate of drug-likeness (QED) is 0.640. The molecule has 0 bridgehead atoms. The van der Waals surface area contributed by atoms with Crippen molar-refractivity contribution in [2.24, 2.45) is 23.2 Å². The van der Waals surface area contributed by atoms with Gasteiger partial charge in [0.25, 0.3) is 0 Å².